The number of ether oxygens (including phenoxy) is 1. The Morgan fingerprint density at radius 1 is 1.08 bits per heavy atom. The number of rotatable bonds is 4. The highest BCUT2D eigenvalue weighted by molar-refractivity contribution is 7.13. The number of carbonyl (C=O) groups excluding carboxylic acids is 1. The molecule has 118 valence electrons. The molecule has 2 aromatic heterocycles. The van der Waals surface area contributed by atoms with Crippen LogP contribution in [0.25, 0.3) is 21.5 Å². The van der Waals surface area contributed by atoms with Crippen LogP contribution in [0.5, 0.6) is 0 Å². The van der Waals surface area contributed by atoms with Gasteiger partial charge in [-0.15, -0.1) is 11.3 Å². The van der Waals surface area contributed by atoms with Crippen molar-refractivity contribution in [2.24, 2.45) is 0 Å². The molecule has 0 fully saturated rings. The van der Waals surface area contributed by atoms with Gasteiger partial charge in [-0.05, 0) is 6.07 Å². The number of nitrogens with zero attached hydrogens (tertiary/aromatic N) is 1. The number of fused-ring (bicyclic) bond motifs is 1. The van der Waals surface area contributed by atoms with Crippen LogP contribution in [-0.2, 0) is 11.3 Å². The third kappa shape index (κ3) is 2.81. The van der Waals surface area contributed by atoms with E-state index in [0.717, 1.165) is 27.2 Å². The lowest BCUT2D eigenvalue weighted by molar-refractivity contribution is 0.0471. The number of benzene rings is 2. The second-order valence-electron chi connectivity index (χ2n) is 5.33. The van der Waals surface area contributed by atoms with Crippen molar-refractivity contribution in [3.8, 4) is 10.6 Å². The minimum atomic E-state index is -0.346. The molecule has 0 atom stereocenters. The molecule has 0 spiro atoms. The molecule has 1 N–H and O–H groups in total. The van der Waals surface area contributed by atoms with E-state index in [0.29, 0.717) is 5.56 Å². The summed E-state index contributed by atoms with van der Waals surface area (Å²) in [5.74, 6) is -0.346. The lowest BCUT2D eigenvalue weighted by Crippen LogP contribution is -2.04. The second-order valence-corrected chi connectivity index (χ2v) is 6.19. The summed E-state index contributed by atoms with van der Waals surface area (Å²) in [5, 5.41) is 3.71. The number of thiazole rings is 1. The van der Waals surface area contributed by atoms with Crippen molar-refractivity contribution in [3.63, 3.8) is 0 Å². The first-order valence-electron chi connectivity index (χ1n) is 7.54. The molecule has 0 aliphatic carbocycles. The zero-order valence-electron chi connectivity index (χ0n) is 12.7. The van der Waals surface area contributed by atoms with Gasteiger partial charge in [0, 0.05) is 28.0 Å². The first kappa shape index (κ1) is 14.7. The van der Waals surface area contributed by atoms with Crippen molar-refractivity contribution in [3.05, 3.63) is 77.4 Å². The molecule has 2 heterocycles. The smallest absolute Gasteiger partial charge is 0.340 e. The number of nitrogens with one attached hydrogen (secondary N) is 1. The van der Waals surface area contributed by atoms with E-state index in [1.54, 1.807) is 17.5 Å². The molecule has 5 heteroatoms. The number of H-pyrrole nitrogens is 1. The summed E-state index contributed by atoms with van der Waals surface area (Å²) < 4.78 is 5.42. The van der Waals surface area contributed by atoms with Gasteiger partial charge in [-0.1, -0.05) is 48.5 Å². The number of aromatic nitrogens is 2. The molecule has 0 bridgehead atoms. The lowest BCUT2D eigenvalue weighted by atomic mass is 10.2. The lowest BCUT2D eigenvalue weighted by Gasteiger charge is -2.01. The van der Waals surface area contributed by atoms with Gasteiger partial charge in [0.25, 0.3) is 0 Å². The van der Waals surface area contributed by atoms with Crippen molar-refractivity contribution in [1.82, 2.24) is 9.97 Å². The van der Waals surface area contributed by atoms with E-state index in [4.69, 9.17) is 4.74 Å². The van der Waals surface area contributed by atoms with Crippen LogP contribution in [0.15, 0.2) is 66.2 Å². The van der Waals surface area contributed by atoms with Gasteiger partial charge in [0.05, 0.1) is 11.3 Å². The molecule has 0 saturated heterocycles. The number of para-hydroxylation sites is 1. The van der Waals surface area contributed by atoms with Crippen LogP contribution >= 0.6 is 11.3 Å². The first-order chi connectivity index (χ1) is 11.8. The normalized spacial score (nSPS) is 10.8. The molecule has 2 aromatic carbocycles. The Morgan fingerprint density at radius 2 is 1.88 bits per heavy atom. The average Bonchev–Trinajstić information content (AvgIpc) is 3.27. The Bertz CT molecular complexity index is 989. The van der Waals surface area contributed by atoms with Crippen molar-refractivity contribution < 1.29 is 9.53 Å². The van der Waals surface area contributed by atoms with Crippen LogP contribution in [0.2, 0.25) is 0 Å². The van der Waals surface area contributed by atoms with Gasteiger partial charge in [-0.2, -0.15) is 0 Å². The fourth-order valence-corrected chi connectivity index (χ4v) is 3.35. The SMILES string of the molecule is O=C(OCc1csc(-c2ccccc2)n1)c1c[nH]c2ccccc12. The average molecular weight is 334 g/mol. The number of hydrogen-bond donors (Lipinski definition) is 1. The fourth-order valence-electron chi connectivity index (χ4n) is 2.54. The second kappa shape index (κ2) is 6.29. The van der Waals surface area contributed by atoms with Crippen molar-refractivity contribution in [1.29, 1.82) is 0 Å². The molecule has 0 radical (unpaired) electrons. The van der Waals surface area contributed by atoms with E-state index in [-0.39, 0.29) is 12.6 Å². The molecular weight excluding hydrogens is 320 g/mol. The molecule has 0 amide bonds. The monoisotopic (exact) mass is 334 g/mol. The Hall–Kier alpha value is -2.92. The van der Waals surface area contributed by atoms with E-state index >= 15 is 0 Å². The van der Waals surface area contributed by atoms with Crippen LogP contribution < -0.4 is 0 Å². The molecule has 4 rings (SSSR count). The van der Waals surface area contributed by atoms with Gasteiger partial charge in [-0.25, -0.2) is 9.78 Å². The zero-order valence-corrected chi connectivity index (χ0v) is 13.5. The number of carbonyl (C=O) groups is 1. The van der Waals surface area contributed by atoms with Gasteiger partial charge < -0.3 is 9.72 Å². The van der Waals surface area contributed by atoms with Gasteiger partial charge in [0.15, 0.2) is 0 Å². The predicted octanol–water partition coefficient (Wildman–Crippen LogP) is 4.65. The van der Waals surface area contributed by atoms with Crippen LogP contribution in [0.4, 0.5) is 0 Å². The van der Waals surface area contributed by atoms with E-state index in [1.807, 2.05) is 60.0 Å². The summed E-state index contributed by atoms with van der Waals surface area (Å²) >= 11 is 1.55. The Labute approximate surface area is 142 Å². The highest BCUT2D eigenvalue weighted by atomic mass is 32.1. The molecular formula is C19H14N2O2S. The van der Waals surface area contributed by atoms with Crippen molar-refractivity contribution in [2.75, 3.05) is 0 Å². The number of aromatic amines is 1. The summed E-state index contributed by atoms with van der Waals surface area (Å²) in [6.07, 6.45) is 1.68. The zero-order chi connectivity index (χ0) is 16.4. The minimum absolute atomic E-state index is 0.168. The topological polar surface area (TPSA) is 55.0 Å². The van der Waals surface area contributed by atoms with Gasteiger partial charge in [0.1, 0.15) is 11.6 Å². The maximum Gasteiger partial charge on any atom is 0.340 e. The summed E-state index contributed by atoms with van der Waals surface area (Å²) in [6, 6.07) is 17.6. The molecule has 24 heavy (non-hydrogen) atoms. The van der Waals surface area contributed by atoms with Gasteiger partial charge >= 0.3 is 5.97 Å². The summed E-state index contributed by atoms with van der Waals surface area (Å²) in [4.78, 5) is 19.9. The standard InChI is InChI=1S/C19H14N2O2S/c22-19(16-10-20-17-9-5-4-8-15(16)17)23-11-14-12-24-18(21-14)13-6-2-1-3-7-13/h1-10,12,20H,11H2. The number of esters is 1. The van der Waals surface area contributed by atoms with E-state index in [9.17, 15) is 4.79 Å². The van der Waals surface area contributed by atoms with Crippen molar-refractivity contribution >= 4 is 28.2 Å². The van der Waals surface area contributed by atoms with E-state index in [2.05, 4.69) is 9.97 Å². The molecule has 0 aliphatic heterocycles. The maximum atomic E-state index is 12.3. The summed E-state index contributed by atoms with van der Waals surface area (Å²) in [6.45, 7) is 0.168. The number of hydrogen-bond acceptors (Lipinski definition) is 4. The molecule has 0 aliphatic rings. The third-order valence-electron chi connectivity index (χ3n) is 3.73. The Kier molecular flexibility index (Phi) is 3.84. The summed E-state index contributed by atoms with van der Waals surface area (Å²) in [5.41, 5.74) is 3.29. The molecule has 0 unspecified atom stereocenters. The Balaban J connectivity index is 1.47. The van der Waals surface area contributed by atoms with Crippen LogP contribution in [0.3, 0.4) is 0 Å². The van der Waals surface area contributed by atoms with Gasteiger partial charge in [0.2, 0.25) is 0 Å². The molecule has 4 nitrogen and oxygen atoms in total. The van der Waals surface area contributed by atoms with Gasteiger partial charge in [-0.3, -0.25) is 0 Å². The Morgan fingerprint density at radius 3 is 2.75 bits per heavy atom. The fraction of sp³-hybridized carbons (Fsp3) is 0.0526. The molecule has 0 saturated carbocycles. The van der Waals surface area contributed by atoms with E-state index in [1.165, 1.54) is 0 Å². The quantitative estimate of drug-likeness (QED) is 0.553. The third-order valence-corrected chi connectivity index (χ3v) is 4.67. The van der Waals surface area contributed by atoms with Crippen LogP contribution in [0.1, 0.15) is 16.1 Å². The van der Waals surface area contributed by atoms with E-state index < -0.39 is 0 Å². The van der Waals surface area contributed by atoms with Crippen molar-refractivity contribution in [2.45, 2.75) is 6.61 Å². The summed E-state index contributed by atoms with van der Waals surface area (Å²) in [7, 11) is 0. The highest BCUT2D eigenvalue weighted by Crippen LogP contribution is 2.24. The molecule has 4 aromatic rings. The largest absolute Gasteiger partial charge is 0.455 e. The predicted molar refractivity (Wildman–Crippen MR) is 95.0 cm³/mol. The minimum Gasteiger partial charge on any atom is -0.455 e. The maximum absolute atomic E-state index is 12.3. The highest BCUT2D eigenvalue weighted by Gasteiger charge is 2.14. The first-order valence-corrected chi connectivity index (χ1v) is 8.42. The van der Waals surface area contributed by atoms with Crippen LogP contribution in [-0.4, -0.2) is 15.9 Å². The van der Waals surface area contributed by atoms with Crippen LogP contribution in [0, 0.1) is 0 Å².